The van der Waals surface area contributed by atoms with Crippen LogP contribution in [-0.4, -0.2) is 326 Å². The minimum absolute atomic E-state index is 0.777. The fraction of sp³-hybridized carbons (Fsp3) is 1.00. The summed E-state index contributed by atoms with van der Waals surface area (Å²) in [6, 6.07) is 0. The fourth-order valence-corrected chi connectivity index (χ4v) is 8.54. The number of hydrogen-bond donors (Lipinski definition) is 20. The molecule has 0 spiro atoms. The lowest BCUT2D eigenvalue weighted by atomic mass is 9.98. The number of aliphatic hydroxyl groups is 20. The van der Waals surface area contributed by atoms with E-state index >= 15 is 0 Å². The molecule has 0 saturated carbocycles. The third-order valence-corrected chi connectivity index (χ3v) is 12.8. The molecular weight excluding hydrogens is 928 g/mol. The van der Waals surface area contributed by atoms with Crippen molar-refractivity contribution in [3.05, 3.63) is 0 Å². The van der Waals surface area contributed by atoms with Crippen molar-refractivity contribution < 1.29 is 154 Å². The topological polar surface area (TPSA) is 506 Å². The average molecular weight is 991 g/mol. The number of hydrogen-bond acceptors (Lipinski definition) is 31. The smallest absolute Gasteiger partial charge is 0.224 e. The highest BCUT2D eigenvalue weighted by Crippen LogP contribution is 2.40. The lowest BCUT2D eigenvalue weighted by molar-refractivity contribution is -0.390. The van der Waals surface area contributed by atoms with Crippen LogP contribution in [0.4, 0.5) is 0 Å². The first kappa shape index (κ1) is 55.1. The Balaban J connectivity index is 1.06. The summed E-state index contributed by atoms with van der Waals surface area (Å²) in [6.07, 6.45) is -41.2. The molecule has 0 aromatic heterocycles. The SMILES string of the molecule is OC[C@H]1O[C@@](CO)(OC[C@H]2O[C@H](O[C@]3(CO)O[C@H](CO[C@]4(CO)O[C@H](CO[C@H]5O[C@H](CO[C@]6(CO)O[C@H](CO)[C@@H](O)[C@@H]6O)[C@@H](O)[C@H](O)[C@H]5O)[C@@H](O)[C@@H]4O)[C@@H](O)[C@@H]3O)[C@H](O)[C@@H](O)[C@@H]2O)[C@@H](O)[C@@H]1O. The summed E-state index contributed by atoms with van der Waals surface area (Å²) in [7, 11) is 0. The van der Waals surface area contributed by atoms with E-state index in [9.17, 15) is 102 Å². The van der Waals surface area contributed by atoms with Crippen molar-refractivity contribution >= 4 is 0 Å². The Morgan fingerprint density at radius 3 is 1.01 bits per heavy atom. The normalized spacial score (nSPS) is 52.7. The van der Waals surface area contributed by atoms with Gasteiger partial charge in [-0.25, -0.2) is 0 Å². The minimum Gasteiger partial charge on any atom is -0.394 e. The van der Waals surface area contributed by atoms with Gasteiger partial charge in [-0.2, -0.15) is 0 Å². The van der Waals surface area contributed by atoms with E-state index in [1.807, 2.05) is 0 Å². The molecule has 0 aliphatic carbocycles. The molecule has 6 aliphatic rings. The van der Waals surface area contributed by atoms with Gasteiger partial charge in [0.05, 0.1) is 39.6 Å². The van der Waals surface area contributed by atoms with E-state index in [-0.39, 0.29) is 0 Å². The Hall–Kier alpha value is -1.24. The maximum atomic E-state index is 11.1. The molecule has 6 fully saturated rings. The van der Waals surface area contributed by atoms with Crippen LogP contribution < -0.4 is 0 Å². The molecular formula is C36H62O31. The van der Waals surface area contributed by atoms with Gasteiger partial charge in [-0.15, -0.1) is 0 Å². The van der Waals surface area contributed by atoms with Crippen LogP contribution in [0.3, 0.4) is 0 Å². The number of ether oxygens (including phenoxy) is 11. The molecule has 6 saturated heterocycles. The maximum absolute atomic E-state index is 11.1. The quantitative estimate of drug-likeness (QED) is 0.0538. The first-order valence-corrected chi connectivity index (χ1v) is 21.0. The number of aliphatic hydroxyl groups excluding tert-OH is 20. The average Bonchev–Trinajstić information content (AvgIpc) is 3.92. The van der Waals surface area contributed by atoms with Crippen molar-refractivity contribution in [1.29, 1.82) is 0 Å². The van der Waals surface area contributed by atoms with Gasteiger partial charge in [-0.1, -0.05) is 0 Å². The first-order valence-electron chi connectivity index (χ1n) is 21.0. The highest BCUT2D eigenvalue weighted by molar-refractivity contribution is 5.03. The van der Waals surface area contributed by atoms with E-state index in [4.69, 9.17) is 52.1 Å². The molecule has 0 radical (unpaired) electrons. The molecule has 6 aliphatic heterocycles. The summed E-state index contributed by atoms with van der Waals surface area (Å²) in [6.45, 7) is -9.68. The molecule has 0 bridgehead atoms. The zero-order valence-electron chi connectivity index (χ0n) is 35.2. The predicted molar refractivity (Wildman–Crippen MR) is 199 cm³/mol. The van der Waals surface area contributed by atoms with Crippen molar-refractivity contribution in [2.24, 2.45) is 0 Å². The van der Waals surface area contributed by atoms with Crippen LogP contribution in [0, 0.1) is 0 Å². The molecule has 0 unspecified atom stereocenters. The Morgan fingerprint density at radius 2 is 0.627 bits per heavy atom. The molecule has 0 aromatic rings. The van der Waals surface area contributed by atoms with Gasteiger partial charge in [-0.3, -0.25) is 0 Å². The second-order valence-corrected chi connectivity index (χ2v) is 17.0. The summed E-state index contributed by atoms with van der Waals surface area (Å²) in [5.74, 6) is -9.97. The van der Waals surface area contributed by atoms with Crippen LogP contribution in [0.25, 0.3) is 0 Å². The van der Waals surface area contributed by atoms with Gasteiger partial charge in [0.25, 0.3) is 0 Å². The second kappa shape index (κ2) is 21.9. The van der Waals surface area contributed by atoms with Crippen LogP contribution in [-0.2, 0) is 52.1 Å². The zero-order valence-corrected chi connectivity index (χ0v) is 35.2. The van der Waals surface area contributed by atoms with Gasteiger partial charge >= 0.3 is 0 Å². The molecule has 26 atom stereocenters. The van der Waals surface area contributed by atoms with E-state index in [2.05, 4.69) is 0 Å². The van der Waals surface area contributed by atoms with Crippen molar-refractivity contribution in [3.63, 3.8) is 0 Å². The van der Waals surface area contributed by atoms with E-state index in [1.165, 1.54) is 0 Å². The summed E-state index contributed by atoms with van der Waals surface area (Å²) in [4.78, 5) is 0. The summed E-state index contributed by atoms with van der Waals surface area (Å²) in [5, 5.41) is 208. The highest BCUT2D eigenvalue weighted by Gasteiger charge is 2.62. The van der Waals surface area contributed by atoms with Crippen LogP contribution in [0.1, 0.15) is 0 Å². The van der Waals surface area contributed by atoms with Gasteiger partial charge < -0.3 is 154 Å². The number of rotatable bonds is 20. The molecule has 6 rings (SSSR count). The fourth-order valence-electron chi connectivity index (χ4n) is 8.54. The molecule has 31 heteroatoms. The molecule has 392 valence electrons. The first-order chi connectivity index (χ1) is 31.6. The van der Waals surface area contributed by atoms with Gasteiger partial charge in [0.2, 0.25) is 23.1 Å². The molecule has 6 heterocycles. The van der Waals surface area contributed by atoms with Crippen LogP contribution >= 0.6 is 0 Å². The molecule has 31 nitrogen and oxygen atoms in total. The summed E-state index contributed by atoms with van der Waals surface area (Å²) in [5.41, 5.74) is 0. The summed E-state index contributed by atoms with van der Waals surface area (Å²) >= 11 is 0. The Labute approximate surface area is 378 Å². The third kappa shape index (κ3) is 10.1. The third-order valence-electron chi connectivity index (χ3n) is 12.8. The van der Waals surface area contributed by atoms with Gasteiger partial charge in [0, 0.05) is 0 Å². The largest absolute Gasteiger partial charge is 0.394 e. The summed E-state index contributed by atoms with van der Waals surface area (Å²) < 4.78 is 60.5. The van der Waals surface area contributed by atoms with E-state index in [0.29, 0.717) is 0 Å². The lowest BCUT2D eigenvalue weighted by Crippen LogP contribution is -2.63. The lowest BCUT2D eigenvalue weighted by Gasteiger charge is -2.44. The Morgan fingerprint density at radius 1 is 0.313 bits per heavy atom. The van der Waals surface area contributed by atoms with Crippen molar-refractivity contribution in [1.82, 2.24) is 0 Å². The zero-order chi connectivity index (χ0) is 49.6. The Kier molecular flexibility index (Phi) is 18.0. The van der Waals surface area contributed by atoms with Crippen molar-refractivity contribution in [3.8, 4) is 0 Å². The Bertz CT molecular complexity index is 1580. The van der Waals surface area contributed by atoms with Gasteiger partial charge in [0.15, 0.2) is 12.6 Å². The highest BCUT2D eigenvalue weighted by atomic mass is 16.8. The molecule has 0 aromatic carbocycles. The van der Waals surface area contributed by atoms with Gasteiger partial charge in [0.1, 0.15) is 149 Å². The maximum Gasteiger partial charge on any atom is 0.224 e. The molecule has 0 amide bonds. The van der Waals surface area contributed by atoms with E-state index < -0.39 is 224 Å². The van der Waals surface area contributed by atoms with Crippen LogP contribution in [0.2, 0.25) is 0 Å². The minimum atomic E-state index is -2.73. The van der Waals surface area contributed by atoms with Crippen molar-refractivity contribution in [2.75, 3.05) is 66.1 Å². The van der Waals surface area contributed by atoms with E-state index in [1.54, 1.807) is 0 Å². The second-order valence-electron chi connectivity index (χ2n) is 17.0. The van der Waals surface area contributed by atoms with Gasteiger partial charge in [-0.05, 0) is 0 Å². The monoisotopic (exact) mass is 990 g/mol. The predicted octanol–water partition coefficient (Wildman–Crippen LogP) is -14.1. The van der Waals surface area contributed by atoms with Crippen LogP contribution in [0.15, 0.2) is 0 Å². The standard InChI is InChI=1S/C36H62O31/c37-1-11-19(45)27(53)33(7-39,63-11)58-4-13-17(43)23(49)25(51)31(61-13)57-3-15-21(47)29(55)35(9-41,65-15)60-6-16-22(48)30(56)36(10-42,66-16)67-32-26(52)24(50)18(44)14(62-32)5-59-34(8-40)28(54)20(46)12(2-38)64-34/h11-32,37-56H,1-10H2/t11-,12-,13-,14-,15-,16-,17-,18-,19-,20-,21-,22-,23+,24+,25-,26-,27+,28+,29+,30+,31+,32-,33-,34-,35-,36+/m1/s1. The molecule has 20 N–H and O–H groups in total. The molecule has 67 heavy (non-hydrogen) atoms. The van der Waals surface area contributed by atoms with Crippen LogP contribution in [0.5, 0.6) is 0 Å². The van der Waals surface area contributed by atoms with E-state index in [0.717, 1.165) is 0 Å². The van der Waals surface area contributed by atoms with Crippen molar-refractivity contribution in [2.45, 2.75) is 158 Å².